The number of aromatic nitrogens is 2. The molecule has 33 heavy (non-hydrogen) atoms. The van der Waals surface area contributed by atoms with Crippen LogP contribution in [0.2, 0.25) is 0 Å². The Labute approximate surface area is 193 Å². The molecule has 0 radical (unpaired) electrons. The molecule has 1 fully saturated rings. The fourth-order valence-corrected chi connectivity index (χ4v) is 6.43. The van der Waals surface area contributed by atoms with Crippen LogP contribution < -0.4 is 10.3 Å². The summed E-state index contributed by atoms with van der Waals surface area (Å²) in [5.74, 6) is -0.184. The van der Waals surface area contributed by atoms with Gasteiger partial charge < -0.3 is 19.6 Å². The summed E-state index contributed by atoms with van der Waals surface area (Å²) in [6.07, 6.45) is -1.11. The number of esters is 1. The molecule has 0 saturated carbocycles. The van der Waals surface area contributed by atoms with Crippen LogP contribution in [-0.2, 0) is 26.2 Å². The first-order chi connectivity index (χ1) is 15.6. The van der Waals surface area contributed by atoms with Crippen LogP contribution in [0.5, 0.6) is 5.75 Å². The van der Waals surface area contributed by atoms with Crippen LogP contribution in [-0.4, -0.2) is 59.6 Å². The molecule has 10 nitrogen and oxygen atoms in total. The summed E-state index contributed by atoms with van der Waals surface area (Å²) in [6.45, 7) is 3.17. The number of carbonyl (C=O) groups excluding carboxylic acids is 1. The number of thiophene rings is 1. The highest BCUT2D eigenvalue weighted by Crippen LogP contribution is 2.29. The summed E-state index contributed by atoms with van der Waals surface area (Å²) in [4.78, 5) is 33.6. The second-order valence-electron chi connectivity index (χ2n) is 7.74. The van der Waals surface area contributed by atoms with Gasteiger partial charge in [0.2, 0.25) is 10.0 Å². The number of aromatic amines is 1. The molecule has 0 unspecified atom stereocenters. The van der Waals surface area contributed by atoms with Gasteiger partial charge in [-0.15, -0.1) is 11.3 Å². The topological polar surface area (TPSA) is 139 Å². The Bertz CT molecular complexity index is 1360. The maximum atomic E-state index is 13.1. The van der Waals surface area contributed by atoms with Crippen LogP contribution in [0, 0.1) is 13.8 Å². The highest BCUT2D eigenvalue weighted by Gasteiger charge is 2.44. The third-order valence-electron chi connectivity index (χ3n) is 5.61. The number of aliphatic hydroxyl groups is 1. The van der Waals surface area contributed by atoms with Gasteiger partial charge in [0, 0.05) is 17.8 Å². The Balaban J connectivity index is 1.53. The molecule has 3 aromatic rings. The quantitative estimate of drug-likeness (QED) is 0.492. The van der Waals surface area contributed by atoms with Crippen molar-refractivity contribution in [1.82, 2.24) is 14.3 Å². The van der Waals surface area contributed by atoms with E-state index in [0.717, 1.165) is 14.7 Å². The number of hydrogen-bond donors (Lipinski definition) is 2. The number of aryl methyl sites for hydroxylation is 2. The Morgan fingerprint density at radius 3 is 2.67 bits per heavy atom. The molecule has 1 aliphatic rings. The van der Waals surface area contributed by atoms with E-state index in [9.17, 15) is 23.1 Å². The van der Waals surface area contributed by atoms with Crippen LogP contribution in [0.25, 0.3) is 10.2 Å². The number of H-pyrrole nitrogens is 1. The van der Waals surface area contributed by atoms with Crippen molar-refractivity contribution >= 4 is 37.5 Å². The van der Waals surface area contributed by atoms with Crippen LogP contribution in [0.3, 0.4) is 0 Å². The van der Waals surface area contributed by atoms with Crippen LogP contribution >= 0.6 is 11.3 Å². The summed E-state index contributed by atoms with van der Waals surface area (Å²) in [7, 11) is -2.60. The average molecular weight is 494 g/mol. The van der Waals surface area contributed by atoms with Gasteiger partial charge in [-0.2, -0.15) is 4.31 Å². The molecule has 0 aliphatic carbocycles. The molecule has 1 saturated heterocycles. The monoisotopic (exact) mass is 493 g/mol. The van der Waals surface area contributed by atoms with Crippen molar-refractivity contribution in [3.05, 3.63) is 50.9 Å². The molecule has 1 aliphatic heterocycles. The number of benzene rings is 1. The Morgan fingerprint density at radius 1 is 1.30 bits per heavy atom. The molecule has 2 aromatic heterocycles. The smallest absolute Gasteiger partial charge is 0.325 e. The van der Waals surface area contributed by atoms with Crippen LogP contribution in [0.1, 0.15) is 22.7 Å². The van der Waals surface area contributed by atoms with E-state index in [4.69, 9.17) is 9.47 Å². The van der Waals surface area contributed by atoms with Crippen molar-refractivity contribution < 1.29 is 27.8 Å². The first-order valence-corrected chi connectivity index (χ1v) is 12.4. The van der Waals surface area contributed by atoms with Crippen molar-refractivity contribution in [1.29, 1.82) is 0 Å². The summed E-state index contributed by atoms with van der Waals surface area (Å²) < 4.78 is 37.5. The number of rotatable bonds is 6. The molecule has 1 aromatic carbocycles. The second kappa shape index (κ2) is 8.86. The first kappa shape index (κ1) is 23.4. The number of nitrogens with one attached hydrogen (secondary N) is 1. The van der Waals surface area contributed by atoms with Gasteiger partial charge >= 0.3 is 5.97 Å². The van der Waals surface area contributed by atoms with E-state index in [0.29, 0.717) is 16.0 Å². The third kappa shape index (κ3) is 4.38. The summed E-state index contributed by atoms with van der Waals surface area (Å²) >= 11 is 1.37. The SMILES string of the molecule is COc1ccc(S(=O)(=O)N2C[C@@H](O)C[C@H]2C(=O)OCc2nc3sc(C)c(C)c3c(=O)[nH]2)cc1. The van der Waals surface area contributed by atoms with Gasteiger partial charge in [-0.05, 0) is 43.7 Å². The fourth-order valence-electron chi connectivity index (χ4n) is 3.75. The van der Waals surface area contributed by atoms with E-state index < -0.39 is 28.1 Å². The molecular weight excluding hydrogens is 470 g/mol. The summed E-state index contributed by atoms with van der Waals surface area (Å²) in [6, 6.07) is 4.54. The number of aliphatic hydroxyl groups excluding tert-OH is 1. The number of ether oxygens (including phenoxy) is 2. The Morgan fingerprint density at radius 2 is 2.00 bits per heavy atom. The van der Waals surface area contributed by atoms with Crippen molar-refractivity contribution in [2.24, 2.45) is 0 Å². The third-order valence-corrected chi connectivity index (χ3v) is 8.60. The number of β-amino-alcohol motifs (C(OH)–C–C–N with tert-alkyl or cyclic N) is 1. The predicted molar refractivity (Wildman–Crippen MR) is 121 cm³/mol. The van der Waals surface area contributed by atoms with Crippen LogP contribution in [0.4, 0.5) is 0 Å². The van der Waals surface area contributed by atoms with Crippen molar-refractivity contribution in [3.63, 3.8) is 0 Å². The number of hydrogen-bond acceptors (Lipinski definition) is 9. The fraction of sp³-hybridized carbons (Fsp3) is 0.381. The van der Waals surface area contributed by atoms with Gasteiger partial charge in [0.1, 0.15) is 29.1 Å². The van der Waals surface area contributed by atoms with E-state index >= 15 is 0 Å². The number of fused-ring (bicyclic) bond motifs is 1. The minimum atomic E-state index is -4.07. The standard InChI is InChI=1S/C21H23N3O7S2/c1-11-12(2)32-20-18(11)19(26)22-17(23-20)10-31-21(27)16-8-13(25)9-24(16)33(28,29)15-6-4-14(30-3)5-7-15/h4-7,13,16,25H,8-10H2,1-3H3,(H,22,23,26)/t13-,16-/m0/s1. The molecule has 0 bridgehead atoms. The average Bonchev–Trinajstić information content (AvgIpc) is 3.32. The molecule has 0 spiro atoms. The number of nitrogens with zero attached hydrogens (tertiary/aromatic N) is 2. The molecule has 176 valence electrons. The van der Waals surface area contributed by atoms with Gasteiger partial charge in [-0.3, -0.25) is 9.59 Å². The number of methoxy groups -OCH3 is 1. The van der Waals surface area contributed by atoms with Gasteiger partial charge in [0.25, 0.3) is 5.56 Å². The zero-order valence-electron chi connectivity index (χ0n) is 18.2. The lowest BCUT2D eigenvalue weighted by molar-refractivity contribution is -0.149. The lowest BCUT2D eigenvalue weighted by Crippen LogP contribution is -2.41. The van der Waals surface area contributed by atoms with E-state index in [2.05, 4.69) is 9.97 Å². The Kier molecular flexibility index (Phi) is 6.27. The maximum Gasteiger partial charge on any atom is 0.325 e. The lowest BCUT2D eigenvalue weighted by atomic mass is 10.2. The molecular formula is C21H23N3O7S2. The van der Waals surface area contributed by atoms with Gasteiger partial charge in [-0.1, -0.05) is 0 Å². The van der Waals surface area contributed by atoms with Gasteiger partial charge in [0.05, 0.1) is 23.5 Å². The van der Waals surface area contributed by atoms with E-state index in [1.165, 1.54) is 42.7 Å². The summed E-state index contributed by atoms with van der Waals surface area (Å²) in [5, 5.41) is 10.6. The van der Waals surface area contributed by atoms with Crippen molar-refractivity contribution in [2.45, 2.75) is 43.9 Å². The normalized spacial score (nSPS) is 19.2. The first-order valence-electron chi connectivity index (χ1n) is 10.1. The molecule has 2 N–H and O–H groups in total. The minimum absolute atomic E-state index is 0.0323. The Hall–Kier alpha value is -2.80. The van der Waals surface area contributed by atoms with E-state index in [1.807, 2.05) is 13.8 Å². The van der Waals surface area contributed by atoms with Crippen molar-refractivity contribution in [3.8, 4) is 5.75 Å². The minimum Gasteiger partial charge on any atom is -0.497 e. The molecule has 4 rings (SSSR count). The largest absolute Gasteiger partial charge is 0.497 e. The molecule has 2 atom stereocenters. The summed E-state index contributed by atoms with van der Waals surface area (Å²) in [5.41, 5.74) is 0.527. The van der Waals surface area contributed by atoms with Gasteiger partial charge in [-0.25, -0.2) is 13.4 Å². The van der Waals surface area contributed by atoms with E-state index in [-0.39, 0.29) is 35.9 Å². The zero-order valence-corrected chi connectivity index (χ0v) is 19.8. The number of sulfonamides is 1. The molecule has 0 amide bonds. The molecule has 12 heteroatoms. The van der Waals surface area contributed by atoms with Crippen molar-refractivity contribution in [2.75, 3.05) is 13.7 Å². The van der Waals surface area contributed by atoms with E-state index in [1.54, 1.807) is 0 Å². The number of carbonyl (C=O) groups is 1. The zero-order chi connectivity index (χ0) is 23.9. The maximum absolute atomic E-state index is 13.1. The van der Waals surface area contributed by atoms with Gasteiger partial charge in [0.15, 0.2) is 0 Å². The molecule has 3 heterocycles. The lowest BCUT2D eigenvalue weighted by Gasteiger charge is -2.22. The second-order valence-corrected chi connectivity index (χ2v) is 10.8. The predicted octanol–water partition coefficient (Wildman–Crippen LogP) is 1.48. The highest BCUT2D eigenvalue weighted by molar-refractivity contribution is 7.89. The van der Waals surface area contributed by atoms with Crippen LogP contribution in [0.15, 0.2) is 34.0 Å². The highest BCUT2D eigenvalue weighted by atomic mass is 32.2.